The number of hydrogen-bond acceptors (Lipinski definition) is 4. The van der Waals surface area contributed by atoms with Crippen LogP contribution in [0.3, 0.4) is 0 Å². The van der Waals surface area contributed by atoms with Crippen molar-refractivity contribution in [2.75, 3.05) is 6.54 Å². The van der Waals surface area contributed by atoms with E-state index in [1.807, 2.05) is 24.3 Å². The highest BCUT2D eigenvalue weighted by molar-refractivity contribution is 9.10. The van der Waals surface area contributed by atoms with Gasteiger partial charge in [-0.05, 0) is 31.2 Å². The van der Waals surface area contributed by atoms with Crippen LogP contribution in [0.4, 0.5) is 0 Å². The van der Waals surface area contributed by atoms with Crippen LogP contribution in [-0.2, 0) is 6.54 Å². The summed E-state index contributed by atoms with van der Waals surface area (Å²) in [7, 11) is 0. The predicted octanol–water partition coefficient (Wildman–Crippen LogP) is 3.53. The van der Waals surface area contributed by atoms with Crippen LogP contribution in [-0.4, -0.2) is 16.5 Å². The third-order valence-electron chi connectivity index (χ3n) is 2.44. The first-order chi connectivity index (χ1) is 9.28. The van der Waals surface area contributed by atoms with E-state index >= 15 is 0 Å². The van der Waals surface area contributed by atoms with Gasteiger partial charge in [0.05, 0.1) is 0 Å². The van der Waals surface area contributed by atoms with Gasteiger partial charge >= 0.3 is 6.01 Å². The molecular formula is C14H16BrN3O. The standard InChI is InChI=1S/C14H16BrN3O/c1-2-6-16-8-11-9-17-14(18-10-11)19-13-5-3-4-12(15)7-13/h3-5,7,9-10,16H,2,6,8H2,1H3. The van der Waals surface area contributed by atoms with E-state index in [0.717, 1.165) is 29.5 Å². The fraction of sp³-hybridized carbons (Fsp3) is 0.286. The van der Waals surface area contributed by atoms with E-state index < -0.39 is 0 Å². The van der Waals surface area contributed by atoms with Crippen LogP contribution in [0, 0.1) is 0 Å². The largest absolute Gasteiger partial charge is 0.424 e. The number of halogens is 1. The molecule has 0 aliphatic rings. The molecule has 19 heavy (non-hydrogen) atoms. The molecule has 2 rings (SSSR count). The lowest BCUT2D eigenvalue weighted by molar-refractivity contribution is 0.440. The maximum absolute atomic E-state index is 5.57. The molecule has 5 heteroatoms. The summed E-state index contributed by atoms with van der Waals surface area (Å²) in [5, 5.41) is 3.30. The lowest BCUT2D eigenvalue weighted by Gasteiger charge is -2.05. The normalized spacial score (nSPS) is 10.4. The van der Waals surface area contributed by atoms with Crippen molar-refractivity contribution in [2.45, 2.75) is 19.9 Å². The molecule has 1 aromatic carbocycles. The van der Waals surface area contributed by atoms with Gasteiger partial charge in [0.25, 0.3) is 0 Å². The number of hydrogen-bond donors (Lipinski definition) is 1. The van der Waals surface area contributed by atoms with Gasteiger partial charge in [-0.25, -0.2) is 9.97 Å². The Kier molecular flexibility index (Phi) is 5.30. The van der Waals surface area contributed by atoms with Crippen LogP contribution in [0.5, 0.6) is 11.8 Å². The fourth-order valence-electron chi connectivity index (χ4n) is 1.53. The molecule has 4 nitrogen and oxygen atoms in total. The van der Waals surface area contributed by atoms with Crippen molar-refractivity contribution < 1.29 is 4.74 Å². The Bertz CT molecular complexity index is 516. The lowest BCUT2D eigenvalue weighted by atomic mass is 10.3. The maximum atomic E-state index is 5.57. The van der Waals surface area contributed by atoms with Crippen LogP contribution in [0.15, 0.2) is 41.1 Å². The summed E-state index contributed by atoms with van der Waals surface area (Å²) < 4.78 is 6.53. The van der Waals surface area contributed by atoms with Gasteiger partial charge in [0.15, 0.2) is 0 Å². The summed E-state index contributed by atoms with van der Waals surface area (Å²) in [4.78, 5) is 8.39. The molecule has 0 aliphatic heterocycles. The molecule has 100 valence electrons. The minimum absolute atomic E-state index is 0.359. The smallest absolute Gasteiger partial charge is 0.321 e. The van der Waals surface area contributed by atoms with Crippen molar-refractivity contribution in [3.8, 4) is 11.8 Å². The average molecular weight is 322 g/mol. The van der Waals surface area contributed by atoms with Gasteiger partial charge in [-0.3, -0.25) is 0 Å². The summed E-state index contributed by atoms with van der Waals surface area (Å²) in [5.74, 6) is 0.714. The van der Waals surface area contributed by atoms with Crippen molar-refractivity contribution in [1.82, 2.24) is 15.3 Å². The van der Waals surface area contributed by atoms with Gasteiger partial charge < -0.3 is 10.1 Å². The molecule has 0 atom stereocenters. The number of nitrogens with one attached hydrogen (secondary N) is 1. The molecule has 1 aromatic heterocycles. The second-order valence-electron chi connectivity index (χ2n) is 4.11. The topological polar surface area (TPSA) is 47.0 Å². The third kappa shape index (κ3) is 4.61. The van der Waals surface area contributed by atoms with E-state index in [1.54, 1.807) is 12.4 Å². The van der Waals surface area contributed by atoms with Crippen molar-refractivity contribution in [3.05, 3.63) is 46.7 Å². The molecule has 0 amide bonds. The second-order valence-corrected chi connectivity index (χ2v) is 5.03. The summed E-state index contributed by atoms with van der Waals surface area (Å²) in [5.41, 5.74) is 1.05. The van der Waals surface area contributed by atoms with Crippen LogP contribution in [0.25, 0.3) is 0 Å². The molecule has 0 saturated heterocycles. The zero-order chi connectivity index (χ0) is 13.5. The summed E-state index contributed by atoms with van der Waals surface area (Å²) in [6.45, 7) is 3.92. The van der Waals surface area contributed by atoms with E-state index in [4.69, 9.17) is 4.74 Å². The molecule has 1 N–H and O–H groups in total. The van der Waals surface area contributed by atoms with E-state index in [-0.39, 0.29) is 0 Å². The molecule has 0 unspecified atom stereocenters. The van der Waals surface area contributed by atoms with Crippen molar-refractivity contribution in [2.24, 2.45) is 0 Å². The number of aromatic nitrogens is 2. The van der Waals surface area contributed by atoms with E-state index in [0.29, 0.717) is 11.8 Å². The Morgan fingerprint density at radius 3 is 2.74 bits per heavy atom. The Labute approximate surface area is 121 Å². The van der Waals surface area contributed by atoms with Gasteiger partial charge in [-0.2, -0.15) is 0 Å². The number of benzene rings is 1. The second kappa shape index (κ2) is 7.21. The zero-order valence-electron chi connectivity index (χ0n) is 10.8. The summed E-state index contributed by atoms with van der Waals surface area (Å²) in [6, 6.07) is 7.95. The molecule has 0 spiro atoms. The summed E-state index contributed by atoms with van der Waals surface area (Å²) in [6.07, 6.45) is 4.68. The van der Waals surface area contributed by atoms with Gasteiger partial charge in [-0.1, -0.05) is 28.9 Å². The summed E-state index contributed by atoms with van der Waals surface area (Å²) >= 11 is 3.39. The molecule has 0 saturated carbocycles. The minimum atomic E-state index is 0.359. The third-order valence-corrected chi connectivity index (χ3v) is 2.94. The number of nitrogens with zero attached hydrogens (tertiary/aromatic N) is 2. The van der Waals surface area contributed by atoms with Crippen LogP contribution in [0.2, 0.25) is 0 Å². The van der Waals surface area contributed by atoms with Crippen molar-refractivity contribution in [1.29, 1.82) is 0 Å². The van der Waals surface area contributed by atoms with Crippen LogP contribution >= 0.6 is 15.9 Å². The molecular weight excluding hydrogens is 306 g/mol. The van der Waals surface area contributed by atoms with E-state index in [1.165, 1.54) is 0 Å². The Balaban J connectivity index is 1.95. The lowest BCUT2D eigenvalue weighted by Crippen LogP contribution is -2.14. The monoisotopic (exact) mass is 321 g/mol. The average Bonchev–Trinajstić information content (AvgIpc) is 2.41. The molecule has 0 fully saturated rings. The first-order valence-corrected chi connectivity index (χ1v) is 7.02. The SMILES string of the molecule is CCCNCc1cnc(Oc2cccc(Br)c2)nc1. The minimum Gasteiger partial charge on any atom is -0.424 e. The highest BCUT2D eigenvalue weighted by atomic mass is 79.9. The van der Waals surface area contributed by atoms with Crippen LogP contribution < -0.4 is 10.1 Å². The van der Waals surface area contributed by atoms with Gasteiger partial charge in [0.1, 0.15) is 5.75 Å². The molecule has 0 aliphatic carbocycles. The molecule has 0 radical (unpaired) electrons. The highest BCUT2D eigenvalue weighted by Crippen LogP contribution is 2.21. The van der Waals surface area contributed by atoms with E-state index in [2.05, 4.69) is 38.1 Å². The number of rotatable bonds is 6. The first kappa shape index (κ1) is 14.0. The Hall–Kier alpha value is -1.46. The Morgan fingerprint density at radius 1 is 1.26 bits per heavy atom. The molecule has 1 heterocycles. The molecule has 0 bridgehead atoms. The molecule has 2 aromatic rings. The van der Waals surface area contributed by atoms with Gasteiger partial charge in [-0.15, -0.1) is 0 Å². The number of ether oxygens (including phenoxy) is 1. The predicted molar refractivity (Wildman–Crippen MR) is 78.2 cm³/mol. The van der Waals surface area contributed by atoms with E-state index in [9.17, 15) is 0 Å². The quantitative estimate of drug-likeness (QED) is 0.827. The highest BCUT2D eigenvalue weighted by Gasteiger charge is 2.01. The van der Waals surface area contributed by atoms with Crippen molar-refractivity contribution >= 4 is 15.9 Å². The van der Waals surface area contributed by atoms with Crippen LogP contribution in [0.1, 0.15) is 18.9 Å². The zero-order valence-corrected chi connectivity index (χ0v) is 12.4. The first-order valence-electron chi connectivity index (χ1n) is 6.23. The fourth-order valence-corrected chi connectivity index (χ4v) is 1.91. The Morgan fingerprint density at radius 2 is 2.05 bits per heavy atom. The van der Waals surface area contributed by atoms with Crippen molar-refractivity contribution in [3.63, 3.8) is 0 Å². The maximum Gasteiger partial charge on any atom is 0.321 e. The van der Waals surface area contributed by atoms with Gasteiger partial charge in [0, 0.05) is 29.0 Å². The van der Waals surface area contributed by atoms with Gasteiger partial charge in [0.2, 0.25) is 0 Å².